The fourth-order valence-corrected chi connectivity index (χ4v) is 8.95. The average molecular weight is 1090 g/mol. The van der Waals surface area contributed by atoms with Crippen LogP contribution in [0.15, 0.2) is 29.3 Å². The summed E-state index contributed by atoms with van der Waals surface area (Å²) in [6.07, 6.45) is 2.07. The molecule has 0 radical (unpaired) electrons. The van der Waals surface area contributed by atoms with Gasteiger partial charge in [0.25, 0.3) is 0 Å². The normalized spacial score (nSPS) is 17.0. The van der Waals surface area contributed by atoms with Crippen molar-refractivity contribution in [2.24, 2.45) is 57.7 Å². The lowest BCUT2D eigenvalue weighted by Gasteiger charge is -2.32. The second-order valence-electron chi connectivity index (χ2n) is 22.4. The summed E-state index contributed by atoms with van der Waals surface area (Å²) < 4.78 is 0. The van der Waals surface area contributed by atoms with Crippen molar-refractivity contribution >= 4 is 59.2 Å². The van der Waals surface area contributed by atoms with E-state index in [-0.39, 0.29) is 81.1 Å². The number of carboxylic acids is 1. The zero-order valence-corrected chi connectivity index (χ0v) is 47.4. The number of phenols is 1. The van der Waals surface area contributed by atoms with E-state index in [1.54, 1.807) is 53.7 Å². The van der Waals surface area contributed by atoms with Gasteiger partial charge in [0.15, 0.2) is 5.96 Å². The van der Waals surface area contributed by atoms with E-state index < -0.39 is 125 Å². The van der Waals surface area contributed by atoms with Crippen LogP contribution in [0.5, 0.6) is 5.75 Å². The molecule has 1 aliphatic heterocycles. The van der Waals surface area contributed by atoms with Crippen LogP contribution >= 0.6 is 0 Å². The van der Waals surface area contributed by atoms with Crippen LogP contribution < -0.4 is 54.4 Å². The zero-order chi connectivity index (χ0) is 58.4. The van der Waals surface area contributed by atoms with Gasteiger partial charge in [0.1, 0.15) is 54.1 Å². The Labute approximate surface area is 455 Å². The number of amides is 8. The number of nitrogens with one attached hydrogen (secondary N) is 7. The minimum absolute atomic E-state index is 0.0117. The third-order valence-electron chi connectivity index (χ3n) is 13.4. The molecule has 0 aromatic heterocycles. The van der Waals surface area contributed by atoms with Gasteiger partial charge in [-0.3, -0.25) is 43.3 Å². The minimum Gasteiger partial charge on any atom is -0.508 e. The Morgan fingerprint density at radius 1 is 0.623 bits per heavy atom. The fourth-order valence-electron chi connectivity index (χ4n) is 8.95. The van der Waals surface area contributed by atoms with Gasteiger partial charge in [-0.05, 0) is 98.1 Å². The molecule has 0 aliphatic carbocycles. The first kappa shape index (κ1) is 66.6. The summed E-state index contributed by atoms with van der Waals surface area (Å²) in [5, 5.41) is 38.9. The molecule has 15 N–H and O–H groups in total. The number of carbonyl (C=O) groups excluding carboxylic acids is 8. The first-order valence-electron chi connectivity index (χ1n) is 27.2. The van der Waals surface area contributed by atoms with Gasteiger partial charge in [0.2, 0.25) is 47.3 Å². The molecule has 10 atom stereocenters. The Balaban J connectivity index is 2.40. The molecule has 1 saturated heterocycles. The van der Waals surface area contributed by atoms with Gasteiger partial charge in [0, 0.05) is 19.5 Å². The van der Waals surface area contributed by atoms with Crippen LogP contribution in [0.2, 0.25) is 0 Å². The van der Waals surface area contributed by atoms with Gasteiger partial charge in [-0.25, -0.2) is 4.79 Å². The summed E-state index contributed by atoms with van der Waals surface area (Å²) in [4.78, 5) is 130. The highest BCUT2D eigenvalue weighted by atomic mass is 16.4. The van der Waals surface area contributed by atoms with Crippen LogP contribution in [-0.2, 0) is 49.6 Å². The molecule has 2 rings (SSSR count). The number of hydrogen-bond donors (Lipinski definition) is 12. The molecular formula is C54H92N12O11. The number of benzene rings is 1. The number of likely N-dealkylation sites (tertiary alicyclic amines) is 1. The number of aromatic hydroxyl groups is 1. The molecule has 0 saturated carbocycles. The smallest absolute Gasteiger partial charge is 0.326 e. The first-order chi connectivity index (χ1) is 36.0. The molecule has 8 amide bonds. The van der Waals surface area contributed by atoms with Crippen molar-refractivity contribution in [3.05, 3.63) is 29.8 Å². The molecule has 1 aromatic rings. The summed E-state index contributed by atoms with van der Waals surface area (Å²) in [5.41, 5.74) is 17.9. The van der Waals surface area contributed by atoms with Crippen molar-refractivity contribution in [2.75, 3.05) is 13.1 Å². The first-order valence-corrected chi connectivity index (χ1v) is 27.2. The van der Waals surface area contributed by atoms with Gasteiger partial charge in [-0.1, -0.05) is 102 Å². The van der Waals surface area contributed by atoms with Crippen LogP contribution in [0.25, 0.3) is 0 Å². The minimum atomic E-state index is -1.29. The standard InChI is InChI=1S/C54H92N12O11/c1-13-33(12)44(53(76)77)65-48(71)38(25-29(4)5)61-51(74)42(31(8)9)63-46(69)37(16-14-22-58-54(56)57)59-50(73)43(32(10)11)64-49(72)41-17-15-23-66(41)52(75)40(26-30(6)7)62-47(70)39(27-34-18-20-35(67)21-19-34)60-45(68)36(55)24-28(2)3/h18-21,28-33,36-44,67H,13-17,22-27,55H2,1-12H3,(H,59,73)(H,60,68)(H,61,74)(H,62,70)(H,63,69)(H,64,72)(H,65,71)(H,76,77)(H4,56,57,58)/t33-,36-,37-,38-,39-,40-,41-,42-,43-,44-/m0/s1. The van der Waals surface area contributed by atoms with Gasteiger partial charge >= 0.3 is 5.97 Å². The van der Waals surface area contributed by atoms with E-state index in [0.717, 1.165) is 0 Å². The molecule has 0 bridgehead atoms. The number of hydrogen-bond acceptors (Lipinski definition) is 12. The maximum atomic E-state index is 14.5. The number of phenolic OH excluding ortho intramolecular Hbond substituents is 1. The lowest BCUT2D eigenvalue weighted by molar-refractivity contribution is -0.144. The van der Waals surface area contributed by atoms with E-state index in [2.05, 4.69) is 42.2 Å². The highest BCUT2D eigenvalue weighted by Gasteiger charge is 2.41. The van der Waals surface area contributed by atoms with E-state index in [1.165, 1.54) is 17.0 Å². The van der Waals surface area contributed by atoms with Crippen molar-refractivity contribution < 1.29 is 53.4 Å². The van der Waals surface area contributed by atoms with E-state index in [1.807, 2.05) is 41.5 Å². The molecule has 1 heterocycles. The molecule has 1 fully saturated rings. The SMILES string of the molecule is CC[C@H](C)[C@H](NC(=O)[C@H](CC(C)C)NC(=O)[C@@H](NC(=O)[C@H](CCCN=C(N)N)NC(=O)[C@@H](NC(=O)[C@@H]1CCCN1C(=O)[C@H](CC(C)C)NC(=O)[C@H](Cc1ccc(O)cc1)NC(=O)[C@@H](N)CC(C)C)C(C)C)C(C)C)C(=O)O. The molecule has 0 unspecified atom stereocenters. The molecule has 1 aromatic carbocycles. The van der Waals surface area contributed by atoms with Crippen molar-refractivity contribution in [2.45, 2.75) is 195 Å². The van der Waals surface area contributed by atoms with E-state index in [4.69, 9.17) is 17.2 Å². The van der Waals surface area contributed by atoms with Crippen molar-refractivity contribution in [1.29, 1.82) is 0 Å². The molecule has 23 heteroatoms. The van der Waals surface area contributed by atoms with E-state index in [9.17, 15) is 53.4 Å². The molecule has 23 nitrogen and oxygen atoms in total. The van der Waals surface area contributed by atoms with Crippen LogP contribution in [0.4, 0.5) is 0 Å². The summed E-state index contributed by atoms with van der Waals surface area (Å²) in [5.74, 6) is -8.24. The van der Waals surface area contributed by atoms with Crippen LogP contribution in [-0.4, -0.2) is 142 Å². The van der Waals surface area contributed by atoms with Crippen molar-refractivity contribution in [3.63, 3.8) is 0 Å². The van der Waals surface area contributed by atoms with Crippen molar-refractivity contribution in [3.8, 4) is 5.75 Å². The number of aliphatic carboxylic acids is 1. The second kappa shape index (κ2) is 32.3. The lowest BCUT2D eigenvalue weighted by atomic mass is 9.96. The molecule has 434 valence electrons. The Kier molecular flexibility index (Phi) is 27.9. The van der Waals surface area contributed by atoms with E-state index >= 15 is 0 Å². The third kappa shape index (κ3) is 22.5. The zero-order valence-electron chi connectivity index (χ0n) is 47.4. The number of nitrogens with two attached hydrogens (primary N) is 3. The highest BCUT2D eigenvalue weighted by molar-refractivity contribution is 5.98. The van der Waals surface area contributed by atoms with Crippen molar-refractivity contribution in [1.82, 2.24) is 42.1 Å². The maximum absolute atomic E-state index is 14.5. The summed E-state index contributed by atoms with van der Waals surface area (Å²) in [6, 6.07) is -4.15. The van der Waals surface area contributed by atoms with Crippen LogP contribution in [0, 0.1) is 35.5 Å². The summed E-state index contributed by atoms with van der Waals surface area (Å²) in [7, 11) is 0. The molecular weight excluding hydrogens is 993 g/mol. The molecule has 77 heavy (non-hydrogen) atoms. The predicted molar refractivity (Wildman–Crippen MR) is 293 cm³/mol. The molecule has 0 spiro atoms. The summed E-state index contributed by atoms with van der Waals surface area (Å²) in [6.45, 7) is 21.7. The number of carboxylic acid groups (broad SMARTS) is 1. The Morgan fingerprint density at radius 2 is 1.10 bits per heavy atom. The number of guanidine groups is 1. The lowest BCUT2D eigenvalue weighted by Crippen LogP contribution is -2.61. The molecule has 1 aliphatic rings. The number of aliphatic imine (C=N–C) groups is 1. The summed E-state index contributed by atoms with van der Waals surface area (Å²) >= 11 is 0. The van der Waals surface area contributed by atoms with Crippen LogP contribution in [0.1, 0.15) is 140 Å². The van der Waals surface area contributed by atoms with E-state index in [0.29, 0.717) is 24.8 Å². The number of carbonyl (C=O) groups is 9. The number of nitrogens with zero attached hydrogens (tertiary/aromatic N) is 2. The average Bonchev–Trinajstić information content (AvgIpc) is 3.83. The maximum Gasteiger partial charge on any atom is 0.326 e. The van der Waals surface area contributed by atoms with Gasteiger partial charge in [-0.15, -0.1) is 0 Å². The quantitative estimate of drug-likeness (QED) is 0.0275. The fraction of sp³-hybridized carbons (Fsp3) is 0.704. The third-order valence-corrected chi connectivity index (χ3v) is 13.4. The largest absolute Gasteiger partial charge is 0.508 e. The Bertz CT molecular complexity index is 2170. The highest BCUT2D eigenvalue weighted by Crippen LogP contribution is 2.22. The van der Waals surface area contributed by atoms with Gasteiger partial charge < -0.3 is 69.5 Å². The predicted octanol–water partition coefficient (Wildman–Crippen LogP) is 1.28. The topological polar surface area (TPSA) is 372 Å². The van der Waals surface area contributed by atoms with Crippen LogP contribution in [0.3, 0.4) is 0 Å². The monoisotopic (exact) mass is 1080 g/mol. The number of rotatable bonds is 32. The van der Waals surface area contributed by atoms with Gasteiger partial charge in [-0.2, -0.15) is 0 Å². The Hall–Kier alpha value is -6.52. The second-order valence-corrected chi connectivity index (χ2v) is 22.4. The van der Waals surface area contributed by atoms with Gasteiger partial charge in [0.05, 0.1) is 6.04 Å². The Morgan fingerprint density at radius 3 is 1.62 bits per heavy atom.